The topological polar surface area (TPSA) is 51.2 Å². The van der Waals surface area contributed by atoms with E-state index in [0.29, 0.717) is 11.4 Å². The van der Waals surface area contributed by atoms with Crippen molar-refractivity contribution in [1.29, 1.82) is 0 Å². The maximum atomic E-state index is 11.7. The van der Waals surface area contributed by atoms with Crippen LogP contribution < -0.4 is 10.1 Å². The van der Waals surface area contributed by atoms with Crippen LogP contribution in [0.4, 0.5) is 5.69 Å². The van der Waals surface area contributed by atoms with Crippen LogP contribution in [0.15, 0.2) is 42.7 Å². The fourth-order valence-corrected chi connectivity index (χ4v) is 1.59. The molecule has 0 spiro atoms. The molecule has 1 N–H and O–H groups in total. The summed E-state index contributed by atoms with van der Waals surface area (Å²) in [5.41, 5.74) is 3.01. The Morgan fingerprint density at radius 1 is 1.26 bits per heavy atom. The number of rotatable bonds is 4. The Kier molecular flexibility index (Phi) is 4.13. The molecule has 1 aromatic heterocycles. The fourth-order valence-electron chi connectivity index (χ4n) is 1.59. The first-order valence-corrected chi connectivity index (χ1v) is 6.05. The first-order chi connectivity index (χ1) is 9.15. The van der Waals surface area contributed by atoms with Crippen LogP contribution in [0, 0.1) is 13.8 Å². The average molecular weight is 256 g/mol. The standard InChI is InChI=1S/C15H16N2O2/c1-11-5-6-14(8-12(11)2)19-10-15(18)17-13-4-3-7-16-9-13/h3-9H,10H2,1-2H3,(H,17,18). The molecule has 0 radical (unpaired) electrons. The normalized spacial score (nSPS) is 10.0. The van der Waals surface area contributed by atoms with Crippen molar-refractivity contribution in [3.8, 4) is 5.75 Å². The van der Waals surface area contributed by atoms with E-state index < -0.39 is 0 Å². The van der Waals surface area contributed by atoms with Crippen LogP contribution in [0.3, 0.4) is 0 Å². The highest BCUT2D eigenvalue weighted by Crippen LogP contribution is 2.16. The van der Waals surface area contributed by atoms with Gasteiger partial charge < -0.3 is 10.1 Å². The van der Waals surface area contributed by atoms with Gasteiger partial charge in [-0.05, 0) is 49.2 Å². The molecule has 2 aromatic rings. The molecule has 0 atom stereocenters. The van der Waals surface area contributed by atoms with Gasteiger partial charge in [-0.25, -0.2) is 0 Å². The van der Waals surface area contributed by atoms with Crippen molar-refractivity contribution in [1.82, 2.24) is 4.98 Å². The molecule has 1 heterocycles. The smallest absolute Gasteiger partial charge is 0.262 e. The average Bonchev–Trinajstić information content (AvgIpc) is 2.41. The lowest BCUT2D eigenvalue weighted by atomic mass is 10.1. The first kappa shape index (κ1) is 13.1. The number of nitrogens with zero attached hydrogens (tertiary/aromatic N) is 1. The van der Waals surface area contributed by atoms with Gasteiger partial charge in [0.2, 0.25) is 0 Å². The van der Waals surface area contributed by atoms with Gasteiger partial charge in [0.1, 0.15) is 5.75 Å². The number of benzene rings is 1. The lowest BCUT2D eigenvalue weighted by Gasteiger charge is -2.08. The summed E-state index contributed by atoms with van der Waals surface area (Å²) >= 11 is 0. The molecule has 4 heteroatoms. The van der Waals surface area contributed by atoms with Crippen LogP contribution in [0.1, 0.15) is 11.1 Å². The summed E-state index contributed by atoms with van der Waals surface area (Å²) in [6.07, 6.45) is 3.25. The van der Waals surface area contributed by atoms with Gasteiger partial charge in [0.25, 0.3) is 5.91 Å². The van der Waals surface area contributed by atoms with Gasteiger partial charge in [-0.15, -0.1) is 0 Å². The van der Waals surface area contributed by atoms with E-state index in [1.54, 1.807) is 24.5 Å². The molecule has 0 fully saturated rings. The van der Waals surface area contributed by atoms with Crippen molar-refractivity contribution in [3.63, 3.8) is 0 Å². The van der Waals surface area contributed by atoms with E-state index in [1.807, 2.05) is 32.0 Å². The van der Waals surface area contributed by atoms with E-state index in [4.69, 9.17) is 4.74 Å². The first-order valence-electron chi connectivity index (χ1n) is 6.05. The third-order valence-corrected chi connectivity index (χ3v) is 2.79. The summed E-state index contributed by atoms with van der Waals surface area (Å²) in [6, 6.07) is 9.30. The molecule has 0 aliphatic heterocycles. The third kappa shape index (κ3) is 3.81. The molecule has 0 saturated heterocycles. The monoisotopic (exact) mass is 256 g/mol. The van der Waals surface area contributed by atoms with Crippen LogP contribution in [-0.2, 0) is 4.79 Å². The van der Waals surface area contributed by atoms with Crippen LogP contribution in [0.2, 0.25) is 0 Å². The van der Waals surface area contributed by atoms with Crippen LogP contribution >= 0.6 is 0 Å². The van der Waals surface area contributed by atoms with E-state index >= 15 is 0 Å². The van der Waals surface area contributed by atoms with Crippen LogP contribution in [0.5, 0.6) is 5.75 Å². The predicted octanol–water partition coefficient (Wildman–Crippen LogP) is 2.72. The molecule has 98 valence electrons. The lowest BCUT2D eigenvalue weighted by Crippen LogP contribution is -2.20. The van der Waals surface area contributed by atoms with Gasteiger partial charge in [-0.1, -0.05) is 6.07 Å². The number of aromatic nitrogens is 1. The highest BCUT2D eigenvalue weighted by molar-refractivity contribution is 5.91. The van der Waals surface area contributed by atoms with Crippen LogP contribution in [0.25, 0.3) is 0 Å². The summed E-state index contributed by atoms with van der Waals surface area (Å²) in [5.74, 6) is 0.496. The van der Waals surface area contributed by atoms with Crippen molar-refractivity contribution >= 4 is 11.6 Å². The molecule has 2 rings (SSSR count). The predicted molar refractivity (Wildman–Crippen MR) is 74.3 cm³/mol. The number of nitrogens with one attached hydrogen (secondary N) is 1. The zero-order valence-electron chi connectivity index (χ0n) is 11.0. The van der Waals surface area contributed by atoms with Gasteiger partial charge in [-0.2, -0.15) is 0 Å². The van der Waals surface area contributed by atoms with E-state index in [1.165, 1.54) is 5.56 Å². The maximum absolute atomic E-state index is 11.7. The van der Waals surface area contributed by atoms with Gasteiger partial charge >= 0.3 is 0 Å². The minimum Gasteiger partial charge on any atom is -0.484 e. The number of pyridine rings is 1. The minimum absolute atomic E-state index is 0.0165. The van der Waals surface area contributed by atoms with Crippen molar-refractivity contribution in [2.24, 2.45) is 0 Å². The summed E-state index contributed by atoms with van der Waals surface area (Å²) in [5, 5.41) is 2.71. The zero-order valence-corrected chi connectivity index (χ0v) is 11.0. The minimum atomic E-state index is -0.203. The Morgan fingerprint density at radius 2 is 2.11 bits per heavy atom. The van der Waals surface area contributed by atoms with E-state index in [2.05, 4.69) is 10.3 Å². The SMILES string of the molecule is Cc1ccc(OCC(=O)Nc2cccnc2)cc1C. The van der Waals surface area contributed by atoms with Crippen molar-refractivity contribution in [2.45, 2.75) is 13.8 Å². The fraction of sp³-hybridized carbons (Fsp3) is 0.200. The molecule has 0 saturated carbocycles. The Hall–Kier alpha value is -2.36. The molecule has 4 nitrogen and oxygen atoms in total. The molecule has 1 aromatic carbocycles. The molecule has 0 aliphatic carbocycles. The molecule has 0 bridgehead atoms. The van der Waals surface area contributed by atoms with Gasteiger partial charge in [-0.3, -0.25) is 9.78 Å². The summed E-state index contributed by atoms with van der Waals surface area (Å²) < 4.78 is 5.44. The van der Waals surface area contributed by atoms with Crippen molar-refractivity contribution < 1.29 is 9.53 Å². The molecular weight excluding hydrogens is 240 g/mol. The highest BCUT2D eigenvalue weighted by atomic mass is 16.5. The van der Waals surface area contributed by atoms with E-state index in [0.717, 1.165) is 5.56 Å². The van der Waals surface area contributed by atoms with Crippen molar-refractivity contribution in [2.75, 3.05) is 11.9 Å². The molecule has 1 amide bonds. The second kappa shape index (κ2) is 6.00. The summed E-state index contributed by atoms with van der Waals surface area (Å²) in [4.78, 5) is 15.6. The highest BCUT2D eigenvalue weighted by Gasteiger charge is 2.04. The number of aryl methyl sites for hydroxylation is 2. The Bertz CT molecular complexity index is 568. The van der Waals surface area contributed by atoms with E-state index in [9.17, 15) is 4.79 Å². The van der Waals surface area contributed by atoms with Gasteiger partial charge in [0, 0.05) is 6.20 Å². The number of hydrogen-bond acceptors (Lipinski definition) is 3. The lowest BCUT2D eigenvalue weighted by molar-refractivity contribution is -0.118. The quantitative estimate of drug-likeness (QED) is 0.915. The Balaban J connectivity index is 1.88. The van der Waals surface area contributed by atoms with E-state index in [-0.39, 0.29) is 12.5 Å². The molecule has 19 heavy (non-hydrogen) atoms. The second-order valence-electron chi connectivity index (χ2n) is 4.32. The summed E-state index contributed by atoms with van der Waals surface area (Å²) in [7, 11) is 0. The van der Waals surface area contributed by atoms with Gasteiger partial charge in [0.15, 0.2) is 6.61 Å². The molecule has 0 unspecified atom stereocenters. The number of ether oxygens (including phenoxy) is 1. The second-order valence-corrected chi connectivity index (χ2v) is 4.32. The number of amides is 1. The molecule has 0 aliphatic rings. The largest absolute Gasteiger partial charge is 0.484 e. The molecular formula is C15H16N2O2. The number of carbonyl (C=O) groups excluding carboxylic acids is 1. The van der Waals surface area contributed by atoms with Crippen molar-refractivity contribution in [3.05, 3.63) is 53.9 Å². The van der Waals surface area contributed by atoms with Gasteiger partial charge in [0.05, 0.1) is 11.9 Å². The third-order valence-electron chi connectivity index (χ3n) is 2.79. The number of anilines is 1. The maximum Gasteiger partial charge on any atom is 0.262 e. The number of hydrogen-bond donors (Lipinski definition) is 1. The Labute approximate surface area is 112 Å². The Morgan fingerprint density at radius 3 is 2.79 bits per heavy atom. The number of carbonyl (C=O) groups is 1. The summed E-state index contributed by atoms with van der Waals surface area (Å²) in [6.45, 7) is 4.03. The van der Waals surface area contributed by atoms with Crippen LogP contribution in [-0.4, -0.2) is 17.5 Å². The zero-order chi connectivity index (χ0) is 13.7.